The predicted octanol–water partition coefficient (Wildman–Crippen LogP) is 2.22. The molecule has 8 heteroatoms. The van der Waals surface area contributed by atoms with Crippen molar-refractivity contribution in [3.05, 3.63) is 48.0 Å². The van der Waals surface area contributed by atoms with Gasteiger partial charge in [0, 0.05) is 23.6 Å². The van der Waals surface area contributed by atoms with Crippen LogP contribution in [-0.2, 0) is 10.0 Å². The second-order valence-corrected chi connectivity index (χ2v) is 6.50. The quantitative estimate of drug-likeness (QED) is 0.686. The number of nitrogens with zero attached hydrogens (tertiary/aromatic N) is 2. The number of aromatic amines is 2. The van der Waals surface area contributed by atoms with Crippen LogP contribution in [0.25, 0.3) is 11.4 Å². The zero-order valence-corrected chi connectivity index (χ0v) is 12.9. The van der Waals surface area contributed by atoms with Gasteiger partial charge >= 0.3 is 0 Å². The molecule has 0 saturated heterocycles. The SMILES string of the molecule is Cc1n[nH]c(C)c1S(=O)(=O)Nc1ccc(-c2ncc[nH]2)cc1. The number of nitrogens with one attached hydrogen (secondary N) is 3. The Morgan fingerprint density at radius 2 is 1.86 bits per heavy atom. The Kier molecular flexibility index (Phi) is 3.45. The standard InChI is InChI=1S/C14H15N5O2S/c1-9-13(10(2)18-17-9)22(20,21)19-12-5-3-11(4-6-12)14-15-7-8-16-14/h3-8,19H,1-2H3,(H,15,16)(H,17,18). The molecule has 22 heavy (non-hydrogen) atoms. The number of aromatic nitrogens is 4. The van der Waals surface area contributed by atoms with Gasteiger partial charge in [-0.15, -0.1) is 0 Å². The third kappa shape index (κ3) is 2.60. The van der Waals surface area contributed by atoms with E-state index in [1.54, 1.807) is 50.5 Å². The molecule has 0 spiro atoms. The van der Waals surface area contributed by atoms with Crippen molar-refractivity contribution in [1.29, 1.82) is 0 Å². The molecule has 0 bridgehead atoms. The molecule has 3 N–H and O–H groups in total. The van der Waals surface area contributed by atoms with E-state index in [0.717, 1.165) is 11.4 Å². The van der Waals surface area contributed by atoms with Gasteiger partial charge in [0.1, 0.15) is 10.7 Å². The molecular formula is C14H15N5O2S. The molecule has 0 aliphatic carbocycles. The number of hydrogen-bond acceptors (Lipinski definition) is 4. The van der Waals surface area contributed by atoms with Gasteiger partial charge in [-0.3, -0.25) is 9.82 Å². The van der Waals surface area contributed by atoms with Crippen LogP contribution in [-0.4, -0.2) is 28.6 Å². The molecule has 3 aromatic rings. The fourth-order valence-corrected chi connectivity index (χ4v) is 3.69. The highest BCUT2D eigenvalue weighted by Gasteiger charge is 2.22. The molecule has 2 heterocycles. The monoisotopic (exact) mass is 317 g/mol. The highest BCUT2D eigenvalue weighted by molar-refractivity contribution is 7.92. The maximum Gasteiger partial charge on any atom is 0.265 e. The number of H-pyrrole nitrogens is 2. The first-order chi connectivity index (χ1) is 10.5. The number of aryl methyl sites for hydroxylation is 2. The summed E-state index contributed by atoms with van der Waals surface area (Å²) in [5.41, 5.74) is 2.31. The van der Waals surface area contributed by atoms with Crippen molar-refractivity contribution in [2.24, 2.45) is 0 Å². The minimum atomic E-state index is -3.67. The minimum absolute atomic E-state index is 0.183. The molecule has 0 amide bonds. The lowest BCUT2D eigenvalue weighted by Crippen LogP contribution is -2.14. The van der Waals surface area contributed by atoms with Crippen LogP contribution >= 0.6 is 0 Å². The van der Waals surface area contributed by atoms with Crippen LogP contribution in [0, 0.1) is 13.8 Å². The molecule has 0 atom stereocenters. The molecule has 0 aliphatic heterocycles. The summed E-state index contributed by atoms with van der Waals surface area (Å²) < 4.78 is 27.4. The molecule has 0 radical (unpaired) electrons. The summed E-state index contributed by atoms with van der Waals surface area (Å²) in [5, 5.41) is 6.59. The van der Waals surface area contributed by atoms with Crippen LogP contribution in [0.5, 0.6) is 0 Å². The Balaban J connectivity index is 1.87. The second-order valence-electron chi connectivity index (χ2n) is 4.88. The van der Waals surface area contributed by atoms with E-state index in [2.05, 4.69) is 24.9 Å². The number of rotatable bonds is 4. The van der Waals surface area contributed by atoms with E-state index in [4.69, 9.17) is 0 Å². The topological polar surface area (TPSA) is 104 Å². The Bertz CT molecular complexity index is 860. The van der Waals surface area contributed by atoms with Crippen molar-refractivity contribution >= 4 is 15.7 Å². The van der Waals surface area contributed by atoms with Crippen molar-refractivity contribution in [2.75, 3.05) is 4.72 Å². The normalized spacial score (nSPS) is 11.5. The van der Waals surface area contributed by atoms with Crippen LogP contribution in [0.4, 0.5) is 5.69 Å². The van der Waals surface area contributed by atoms with Gasteiger partial charge in [0.05, 0.1) is 11.4 Å². The van der Waals surface area contributed by atoms with E-state index in [-0.39, 0.29) is 4.90 Å². The van der Waals surface area contributed by atoms with Crippen molar-refractivity contribution < 1.29 is 8.42 Å². The maximum absolute atomic E-state index is 12.4. The van der Waals surface area contributed by atoms with Crippen LogP contribution in [0.1, 0.15) is 11.4 Å². The lowest BCUT2D eigenvalue weighted by molar-refractivity contribution is 0.600. The van der Waals surface area contributed by atoms with Crippen molar-refractivity contribution in [3.63, 3.8) is 0 Å². The van der Waals surface area contributed by atoms with Gasteiger partial charge in [0.25, 0.3) is 10.0 Å². The highest BCUT2D eigenvalue weighted by atomic mass is 32.2. The van der Waals surface area contributed by atoms with E-state index in [1.807, 2.05) is 0 Å². The van der Waals surface area contributed by atoms with E-state index in [0.29, 0.717) is 17.1 Å². The lowest BCUT2D eigenvalue weighted by Gasteiger charge is -2.08. The van der Waals surface area contributed by atoms with Gasteiger partial charge in [-0.2, -0.15) is 5.10 Å². The summed E-state index contributed by atoms with van der Waals surface area (Å²) in [6.07, 6.45) is 3.40. The fraction of sp³-hybridized carbons (Fsp3) is 0.143. The summed E-state index contributed by atoms with van der Waals surface area (Å²) in [6, 6.07) is 6.98. The molecule has 0 unspecified atom stereocenters. The summed E-state index contributed by atoms with van der Waals surface area (Å²) in [7, 11) is -3.67. The summed E-state index contributed by atoms with van der Waals surface area (Å²) in [4.78, 5) is 7.33. The Morgan fingerprint density at radius 1 is 1.14 bits per heavy atom. The van der Waals surface area contributed by atoms with Gasteiger partial charge in [0.15, 0.2) is 0 Å². The molecule has 114 valence electrons. The van der Waals surface area contributed by atoms with Gasteiger partial charge in [-0.1, -0.05) is 0 Å². The molecular weight excluding hydrogens is 302 g/mol. The summed E-state index contributed by atoms with van der Waals surface area (Å²) in [5.74, 6) is 0.732. The lowest BCUT2D eigenvalue weighted by atomic mass is 10.2. The Morgan fingerprint density at radius 3 is 2.41 bits per heavy atom. The van der Waals surface area contributed by atoms with Gasteiger partial charge < -0.3 is 4.98 Å². The average Bonchev–Trinajstić information content (AvgIpc) is 3.09. The van der Waals surface area contributed by atoms with Gasteiger partial charge in [-0.05, 0) is 38.1 Å². The molecule has 7 nitrogen and oxygen atoms in total. The van der Waals surface area contributed by atoms with E-state index >= 15 is 0 Å². The van der Waals surface area contributed by atoms with E-state index < -0.39 is 10.0 Å². The summed E-state index contributed by atoms with van der Waals surface area (Å²) >= 11 is 0. The average molecular weight is 317 g/mol. The highest BCUT2D eigenvalue weighted by Crippen LogP contribution is 2.22. The van der Waals surface area contributed by atoms with Crippen LogP contribution in [0.2, 0.25) is 0 Å². The maximum atomic E-state index is 12.4. The minimum Gasteiger partial charge on any atom is -0.345 e. The Hall–Kier alpha value is -2.61. The zero-order valence-electron chi connectivity index (χ0n) is 12.1. The largest absolute Gasteiger partial charge is 0.345 e. The Labute approximate surface area is 127 Å². The number of anilines is 1. The molecule has 1 aromatic carbocycles. The van der Waals surface area contributed by atoms with E-state index in [1.165, 1.54) is 0 Å². The molecule has 0 saturated carbocycles. The fourth-order valence-electron chi connectivity index (χ4n) is 2.26. The smallest absolute Gasteiger partial charge is 0.265 e. The first kappa shape index (κ1) is 14.3. The molecule has 2 aromatic heterocycles. The molecule has 0 aliphatic rings. The molecule has 0 fully saturated rings. The van der Waals surface area contributed by atoms with Crippen molar-refractivity contribution in [3.8, 4) is 11.4 Å². The summed E-state index contributed by atoms with van der Waals surface area (Å²) in [6.45, 7) is 3.33. The number of hydrogen-bond donors (Lipinski definition) is 3. The first-order valence-corrected chi connectivity index (χ1v) is 8.10. The predicted molar refractivity (Wildman–Crippen MR) is 82.9 cm³/mol. The van der Waals surface area contributed by atoms with Gasteiger partial charge in [-0.25, -0.2) is 13.4 Å². The zero-order chi connectivity index (χ0) is 15.7. The van der Waals surface area contributed by atoms with Crippen molar-refractivity contribution in [2.45, 2.75) is 18.7 Å². The van der Waals surface area contributed by atoms with E-state index in [9.17, 15) is 8.42 Å². The first-order valence-electron chi connectivity index (χ1n) is 6.61. The second kappa shape index (κ2) is 5.30. The number of sulfonamides is 1. The third-order valence-corrected chi connectivity index (χ3v) is 4.88. The van der Waals surface area contributed by atoms with Gasteiger partial charge in [0.2, 0.25) is 0 Å². The third-order valence-electron chi connectivity index (χ3n) is 3.24. The number of imidazole rings is 1. The van der Waals surface area contributed by atoms with Crippen molar-refractivity contribution in [1.82, 2.24) is 20.2 Å². The van der Waals surface area contributed by atoms with Crippen LogP contribution in [0.3, 0.4) is 0 Å². The van der Waals surface area contributed by atoms with Crippen LogP contribution < -0.4 is 4.72 Å². The number of benzene rings is 1. The van der Waals surface area contributed by atoms with Crippen LogP contribution in [0.15, 0.2) is 41.6 Å². The molecule has 3 rings (SSSR count).